The summed E-state index contributed by atoms with van der Waals surface area (Å²) < 4.78 is 1.61. The van der Waals surface area contributed by atoms with E-state index in [0.717, 1.165) is 37.3 Å². The van der Waals surface area contributed by atoms with Crippen LogP contribution in [0, 0.1) is 11.3 Å². The second kappa shape index (κ2) is 12.9. The molecule has 2 aromatic carbocycles. The average Bonchev–Trinajstić information content (AvgIpc) is 2.80. The lowest BCUT2D eigenvalue weighted by Crippen LogP contribution is -2.24. The normalized spacial score (nSPS) is 11.0. The third-order valence-electron chi connectivity index (χ3n) is 4.87. The predicted octanol–water partition coefficient (Wildman–Crippen LogP) is 3.72. The molecule has 1 atom stereocenters. The van der Waals surface area contributed by atoms with E-state index in [1.165, 1.54) is 0 Å². The number of para-hydroxylation sites is 1. The van der Waals surface area contributed by atoms with Crippen LogP contribution in [0.5, 0.6) is 0 Å². The van der Waals surface area contributed by atoms with Crippen molar-refractivity contribution in [2.75, 3.05) is 30.7 Å². The lowest BCUT2D eigenvalue weighted by molar-refractivity contribution is 0.599. The van der Waals surface area contributed by atoms with Crippen LogP contribution >= 0.6 is 0 Å². The molecule has 0 amide bonds. The van der Waals surface area contributed by atoms with E-state index in [9.17, 15) is 4.79 Å². The van der Waals surface area contributed by atoms with Crippen LogP contribution in [0.15, 0.2) is 77.7 Å². The molecule has 1 aromatic heterocycles. The minimum Gasteiger partial charge on any atom is -0.396 e. The second-order valence-corrected chi connectivity index (χ2v) is 7.33. The molecule has 0 radical (unpaired) electrons. The van der Waals surface area contributed by atoms with E-state index in [4.69, 9.17) is 11.0 Å². The van der Waals surface area contributed by atoms with E-state index in [1.54, 1.807) is 23.7 Å². The number of hydrogen-bond donors (Lipinski definition) is 3. The minimum atomic E-state index is 0.00900. The van der Waals surface area contributed by atoms with Crippen molar-refractivity contribution < 1.29 is 0 Å². The highest BCUT2D eigenvalue weighted by molar-refractivity contribution is 5.72. The lowest BCUT2D eigenvalue weighted by atomic mass is 10.0. The number of nitrogens with zero attached hydrogens (tertiary/aromatic N) is 2. The van der Waals surface area contributed by atoms with Crippen LogP contribution < -0.4 is 21.9 Å². The Balaban J connectivity index is 0.000000488. The maximum absolute atomic E-state index is 11.4. The summed E-state index contributed by atoms with van der Waals surface area (Å²) in [5, 5.41) is 15.7. The largest absolute Gasteiger partial charge is 0.396 e. The molecule has 0 spiro atoms. The van der Waals surface area contributed by atoms with Crippen molar-refractivity contribution in [1.29, 1.82) is 5.26 Å². The fraction of sp³-hybridized carbons (Fsp3) is 0.280. The number of rotatable bonds is 8. The van der Waals surface area contributed by atoms with Crippen LogP contribution in [0.4, 0.5) is 11.4 Å². The van der Waals surface area contributed by atoms with Gasteiger partial charge in [-0.05, 0) is 36.6 Å². The summed E-state index contributed by atoms with van der Waals surface area (Å²) in [5.74, 6) is 0.336. The number of aryl methyl sites for hydroxylation is 1. The highest BCUT2D eigenvalue weighted by Crippen LogP contribution is 2.21. The van der Waals surface area contributed by atoms with Crippen molar-refractivity contribution in [1.82, 2.24) is 9.88 Å². The number of nitriles is 1. The van der Waals surface area contributed by atoms with Crippen molar-refractivity contribution in [3.8, 4) is 6.07 Å². The van der Waals surface area contributed by atoms with E-state index in [2.05, 4.69) is 23.6 Å². The molecule has 0 fully saturated rings. The molecular weight excluding hydrogens is 386 g/mol. The van der Waals surface area contributed by atoms with E-state index in [0.29, 0.717) is 17.2 Å². The Kier molecular flexibility index (Phi) is 9.86. The molecule has 162 valence electrons. The number of nitrogens with two attached hydrogens (primary N) is 1. The quantitative estimate of drug-likeness (QED) is 0.383. The highest BCUT2D eigenvalue weighted by Gasteiger charge is 2.06. The number of benzene rings is 2. The summed E-state index contributed by atoms with van der Waals surface area (Å²) in [7, 11) is 1.77. The summed E-state index contributed by atoms with van der Waals surface area (Å²) in [5.41, 5.74) is 8.89. The number of pyridine rings is 1. The molecular formula is C25H31N5O. The minimum absolute atomic E-state index is 0.00900. The summed E-state index contributed by atoms with van der Waals surface area (Å²) in [6, 6.07) is 23.0. The van der Waals surface area contributed by atoms with Gasteiger partial charge in [0.25, 0.3) is 0 Å². The fourth-order valence-corrected chi connectivity index (χ4v) is 2.98. The van der Waals surface area contributed by atoms with Gasteiger partial charge in [0.15, 0.2) is 0 Å². The van der Waals surface area contributed by atoms with Crippen LogP contribution in [0.1, 0.15) is 30.4 Å². The van der Waals surface area contributed by atoms with E-state index >= 15 is 0 Å². The zero-order valence-corrected chi connectivity index (χ0v) is 18.2. The van der Waals surface area contributed by atoms with Crippen LogP contribution in [-0.2, 0) is 7.05 Å². The van der Waals surface area contributed by atoms with E-state index < -0.39 is 0 Å². The summed E-state index contributed by atoms with van der Waals surface area (Å²) >= 11 is 0. The first-order valence-electron chi connectivity index (χ1n) is 10.4. The molecule has 0 aliphatic heterocycles. The molecule has 0 saturated heterocycles. The van der Waals surface area contributed by atoms with Crippen molar-refractivity contribution >= 4 is 11.4 Å². The van der Waals surface area contributed by atoms with Gasteiger partial charge >= 0.3 is 0 Å². The maximum atomic E-state index is 11.4. The van der Waals surface area contributed by atoms with Gasteiger partial charge in [0.05, 0.1) is 16.9 Å². The Morgan fingerprint density at radius 2 is 1.71 bits per heavy atom. The van der Waals surface area contributed by atoms with Gasteiger partial charge in [0, 0.05) is 32.4 Å². The first kappa shape index (κ1) is 23.7. The molecule has 0 aliphatic rings. The average molecular weight is 418 g/mol. The van der Waals surface area contributed by atoms with Gasteiger partial charge in [0.1, 0.15) is 6.07 Å². The third kappa shape index (κ3) is 8.00. The Hall–Kier alpha value is -3.56. The zero-order valence-electron chi connectivity index (χ0n) is 18.2. The number of hydrogen-bond acceptors (Lipinski definition) is 5. The molecule has 31 heavy (non-hydrogen) atoms. The molecule has 0 aliphatic carbocycles. The highest BCUT2D eigenvalue weighted by atomic mass is 16.1. The molecule has 1 unspecified atom stereocenters. The van der Waals surface area contributed by atoms with Gasteiger partial charge in [0.2, 0.25) is 5.56 Å². The number of aromatic nitrogens is 1. The lowest BCUT2D eigenvalue weighted by Gasteiger charge is -2.14. The van der Waals surface area contributed by atoms with Crippen LogP contribution in [0.25, 0.3) is 0 Å². The summed E-state index contributed by atoms with van der Waals surface area (Å²) in [6.07, 6.45) is 2.83. The molecule has 6 heteroatoms. The first-order valence-corrected chi connectivity index (χ1v) is 10.4. The molecule has 1 heterocycles. The molecule has 0 bridgehead atoms. The van der Waals surface area contributed by atoms with E-state index in [1.807, 2.05) is 60.8 Å². The van der Waals surface area contributed by atoms with Crippen molar-refractivity contribution in [3.63, 3.8) is 0 Å². The third-order valence-corrected chi connectivity index (χ3v) is 4.87. The van der Waals surface area contributed by atoms with Gasteiger partial charge in [-0.25, -0.2) is 0 Å². The van der Waals surface area contributed by atoms with Crippen LogP contribution in [-0.4, -0.2) is 24.2 Å². The fourth-order valence-electron chi connectivity index (χ4n) is 2.98. The molecule has 3 aromatic rings. The Morgan fingerprint density at radius 1 is 1.03 bits per heavy atom. The van der Waals surface area contributed by atoms with Gasteiger partial charge < -0.3 is 20.9 Å². The van der Waals surface area contributed by atoms with Gasteiger partial charge in [-0.2, -0.15) is 5.26 Å². The Morgan fingerprint density at radius 3 is 2.32 bits per heavy atom. The second-order valence-electron chi connectivity index (χ2n) is 7.33. The van der Waals surface area contributed by atoms with Crippen molar-refractivity contribution in [2.45, 2.75) is 19.3 Å². The zero-order chi connectivity index (χ0) is 22.5. The smallest absolute Gasteiger partial charge is 0.250 e. The molecule has 6 nitrogen and oxygen atoms in total. The molecule has 3 rings (SSSR count). The van der Waals surface area contributed by atoms with Gasteiger partial charge in [-0.3, -0.25) is 4.79 Å². The summed E-state index contributed by atoms with van der Waals surface area (Å²) in [4.78, 5) is 11.4. The molecule has 4 N–H and O–H groups in total. The SMILES string of the molecule is CC(CNCCCNc1cccc(C#N)c1N)c1ccc(=O)n(C)c1.c1ccccc1. The number of nitrogens with one attached hydrogen (secondary N) is 2. The topological polar surface area (TPSA) is 95.9 Å². The summed E-state index contributed by atoms with van der Waals surface area (Å²) in [6.45, 7) is 4.64. The number of anilines is 2. The van der Waals surface area contributed by atoms with Crippen molar-refractivity contribution in [3.05, 3.63) is 94.4 Å². The standard InChI is InChI=1S/C19H25N5O.C6H6/c1-14(16-7-8-18(25)24(2)13-16)12-22-9-4-10-23-17-6-3-5-15(11-20)19(17)21;1-2-4-6-5-3-1/h3,5-8,13-14,22-23H,4,9-10,12,21H2,1-2H3;1-6H. The monoisotopic (exact) mass is 417 g/mol. The van der Waals surface area contributed by atoms with Crippen LogP contribution in [0.3, 0.4) is 0 Å². The van der Waals surface area contributed by atoms with Crippen molar-refractivity contribution in [2.24, 2.45) is 7.05 Å². The number of nitrogen functional groups attached to an aromatic ring is 1. The first-order chi connectivity index (χ1) is 15.0. The maximum Gasteiger partial charge on any atom is 0.250 e. The Labute approximate surface area is 184 Å². The Bertz CT molecular complexity index is 997. The van der Waals surface area contributed by atoms with Crippen LogP contribution in [0.2, 0.25) is 0 Å². The molecule has 0 saturated carbocycles. The van der Waals surface area contributed by atoms with Gasteiger partial charge in [-0.15, -0.1) is 0 Å². The predicted molar refractivity (Wildman–Crippen MR) is 128 cm³/mol. The van der Waals surface area contributed by atoms with E-state index in [-0.39, 0.29) is 5.56 Å². The van der Waals surface area contributed by atoms with Gasteiger partial charge in [-0.1, -0.05) is 55.5 Å².